The Labute approximate surface area is 135 Å². The van der Waals surface area contributed by atoms with Gasteiger partial charge in [0.25, 0.3) is 0 Å². The third-order valence-electron chi connectivity index (χ3n) is 2.35. The molecule has 0 aliphatic carbocycles. The van der Waals surface area contributed by atoms with Gasteiger partial charge in [0.05, 0.1) is 5.92 Å². The van der Waals surface area contributed by atoms with Crippen LogP contribution < -0.4 is 0 Å². The number of rotatable bonds is 9. The number of ether oxygens (including phenoxy) is 1. The molecule has 0 amide bonds. The van der Waals surface area contributed by atoms with Crippen LogP contribution in [0.25, 0.3) is 0 Å². The van der Waals surface area contributed by atoms with Gasteiger partial charge in [0.2, 0.25) is 0 Å². The molecule has 0 N–H and O–H groups in total. The number of esters is 2. The van der Waals surface area contributed by atoms with Crippen LogP contribution in [-0.2, 0) is 43.3 Å². The van der Waals surface area contributed by atoms with Crippen LogP contribution in [0.1, 0.15) is 54.4 Å². The molecule has 0 aliphatic rings. The van der Waals surface area contributed by atoms with Crippen molar-refractivity contribution >= 4 is 11.9 Å². The van der Waals surface area contributed by atoms with Crippen LogP contribution in [-0.4, -0.2) is 31.8 Å². The van der Waals surface area contributed by atoms with E-state index in [9.17, 15) is 9.59 Å². The summed E-state index contributed by atoms with van der Waals surface area (Å²) in [4.78, 5) is 21.3. The van der Waals surface area contributed by atoms with Gasteiger partial charge in [-0.15, -0.1) is 0 Å². The molecule has 0 unspecified atom stereocenters. The van der Waals surface area contributed by atoms with Crippen LogP contribution in [0.15, 0.2) is 0 Å². The molecular formula is C14H29O6Ti. The second-order valence-corrected chi connectivity index (χ2v) is 6.11. The topological polar surface area (TPSA) is 71.1 Å². The molecule has 0 saturated heterocycles. The number of carbonyl (C=O) groups is 2. The van der Waals surface area contributed by atoms with Crippen LogP contribution in [0.4, 0.5) is 0 Å². The number of carbonyl (C=O) groups excluding carboxylic acids is 2. The van der Waals surface area contributed by atoms with Crippen molar-refractivity contribution in [2.75, 3.05) is 19.8 Å². The Hall–Kier alpha value is -0.266. The van der Waals surface area contributed by atoms with E-state index in [0.717, 1.165) is 12.8 Å². The van der Waals surface area contributed by atoms with Gasteiger partial charge in [0.15, 0.2) is 0 Å². The van der Waals surface area contributed by atoms with Crippen LogP contribution in [0, 0.1) is 5.92 Å². The number of hydrogen-bond acceptors (Lipinski definition) is 6. The van der Waals surface area contributed by atoms with E-state index in [1.807, 2.05) is 34.6 Å². The molecule has 0 spiro atoms. The first-order chi connectivity index (χ1) is 9.96. The summed E-state index contributed by atoms with van der Waals surface area (Å²) in [6, 6.07) is 0. The Bertz CT molecular complexity index is 254. The molecular weight excluding hydrogens is 312 g/mol. The molecule has 21 heavy (non-hydrogen) atoms. The van der Waals surface area contributed by atoms with Gasteiger partial charge in [-0.3, -0.25) is 9.59 Å². The molecule has 0 bridgehead atoms. The molecule has 0 rings (SSSR count). The second kappa shape index (κ2) is 16.1. The van der Waals surface area contributed by atoms with Crippen molar-refractivity contribution in [1.82, 2.24) is 0 Å². The van der Waals surface area contributed by atoms with Gasteiger partial charge >= 0.3 is 81.5 Å². The quantitative estimate of drug-likeness (QED) is 0.365. The average Bonchev–Trinajstić information content (AvgIpc) is 2.41. The zero-order chi connectivity index (χ0) is 16.7. The molecule has 0 aromatic heterocycles. The zero-order valence-corrected chi connectivity index (χ0v) is 15.6. The van der Waals surface area contributed by atoms with Gasteiger partial charge < -0.3 is 4.74 Å². The summed E-state index contributed by atoms with van der Waals surface area (Å²) in [5, 5.41) is 0. The van der Waals surface area contributed by atoms with Gasteiger partial charge in [-0.2, -0.15) is 0 Å². The molecule has 0 fully saturated rings. The molecule has 125 valence electrons. The molecule has 6 nitrogen and oxygen atoms in total. The summed E-state index contributed by atoms with van der Waals surface area (Å²) in [7, 11) is 0. The normalized spacial score (nSPS) is 9.86. The first-order valence-electron chi connectivity index (χ1n) is 7.44. The maximum atomic E-state index is 11.0. The van der Waals surface area contributed by atoms with Gasteiger partial charge in [-0.1, -0.05) is 13.8 Å². The van der Waals surface area contributed by atoms with Gasteiger partial charge in [0.1, 0.15) is 0 Å². The van der Waals surface area contributed by atoms with E-state index in [4.69, 9.17) is 9.96 Å². The van der Waals surface area contributed by atoms with E-state index in [1.165, 1.54) is 6.92 Å². The summed E-state index contributed by atoms with van der Waals surface area (Å²) in [5.41, 5.74) is 0. The van der Waals surface area contributed by atoms with Crippen molar-refractivity contribution in [3.05, 3.63) is 0 Å². The Morgan fingerprint density at radius 3 is 1.48 bits per heavy atom. The molecule has 0 saturated carbocycles. The molecule has 0 radical (unpaired) electrons. The van der Waals surface area contributed by atoms with E-state index in [-0.39, 0.29) is 5.92 Å². The van der Waals surface area contributed by atoms with E-state index in [1.54, 1.807) is 0 Å². The predicted molar refractivity (Wildman–Crippen MR) is 75.7 cm³/mol. The summed E-state index contributed by atoms with van der Waals surface area (Å²) < 4.78 is 20.2. The maximum absolute atomic E-state index is 11.0. The first-order valence-corrected chi connectivity index (χ1v) is 9.35. The Morgan fingerprint density at radius 2 is 1.24 bits per heavy atom. The SMILES string of the molecule is CCC(CC)C(=O)OC(C)=O.CC[O][Ti]([O]CC)[O]CC. The Kier molecular flexibility index (Phi) is 17.7. The third kappa shape index (κ3) is 14.4. The van der Waals surface area contributed by atoms with Crippen LogP contribution in [0.5, 0.6) is 0 Å². The van der Waals surface area contributed by atoms with Crippen molar-refractivity contribution < 1.29 is 43.3 Å². The molecule has 7 heteroatoms. The Morgan fingerprint density at radius 1 is 0.857 bits per heavy atom. The van der Waals surface area contributed by atoms with Crippen molar-refractivity contribution in [1.29, 1.82) is 0 Å². The average molecular weight is 341 g/mol. The molecule has 0 heterocycles. The summed E-state index contributed by atoms with van der Waals surface area (Å²) in [6.07, 6.45) is 1.45. The molecule has 0 atom stereocenters. The first kappa shape index (κ1) is 23.0. The Balaban J connectivity index is 0. The molecule has 0 aliphatic heterocycles. The number of hydrogen-bond donors (Lipinski definition) is 0. The minimum absolute atomic E-state index is 0.126. The summed E-state index contributed by atoms with van der Waals surface area (Å²) in [5.74, 6) is -1.05. The molecule has 0 aromatic rings. The summed E-state index contributed by atoms with van der Waals surface area (Å²) >= 11 is -1.99. The van der Waals surface area contributed by atoms with E-state index in [0.29, 0.717) is 19.8 Å². The zero-order valence-electron chi connectivity index (χ0n) is 14.1. The van der Waals surface area contributed by atoms with Gasteiger partial charge in [-0.05, 0) is 12.8 Å². The second-order valence-electron chi connectivity index (χ2n) is 3.98. The monoisotopic (exact) mass is 341 g/mol. The fourth-order valence-corrected chi connectivity index (χ4v) is 2.82. The van der Waals surface area contributed by atoms with E-state index >= 15 is 0 Å². The minimum atomic E-state index is -1.99. The van der Waals surface area contributed by atoms with Gasteiger partial charge in [0, 0.05) is 6.92 Å². The van der Waals surface area contributed by atoms with Crippen molar-refractivity contribution in [2.24, 2.45) is 5.92 Å². The van der Waals surface area contributed by atoms with Gasteiger partial charge in [-0.25, -0.2) is 0 Å². The van der Waals surface area contributed by atoms with E-state index in [2.05, 4.69) is 4.74 Å². The fraction of sp³-hybridized carbons (Fsp3) is 0.857. The van der Waals surface area contributed by atoms with Crippen molar-refractivity contribution in [3.63, 3.8) is 0 Å². The van der Waals surface area contributed by atoms with Crippen LogP contribution in [0.2, 0.25) is 0 Å². The van der Waals surface area contributed by atoms with Crippen molar-refractivity contribution in [2.45, 2.75) is 54.4 Å². The van der Waals surface area contributed by atoms with Crippen LogP contribution in [0.3, 0.4) is 0 Å². The molecule has 0 aromatic carbocycles. The summed E-state index contributed by atoms with van der Waals surface area (Å²) in [6.45, 7) is 13.0. The van der Waals surface area contributed by atoms with E-state index < -0.39 is 31.0 Å². The standard InChI is InChI=1S/C8H14O3.3C2H5O.Ti/c1-4-7(5-2)8(10)11-6(3)9;3*1-2-3;/h7H,4-5H2,1-3H3;3*2H2,1H3;/q;3*-1;+3. The predicted octanol–water partition coefficient (Wildman–Crippen LogP) is 2.97. The van der Waals surface area contributed by atoms with Crippen molar-refractivity contribution in [3.8, 4) is 0 Å². The van der Waals surface area contributed by atoms with Crippen LogP contribution >= 0.6 is 0 Å². The fourth-order valence-electron chi connectivity index (χ4n) is 1.33. The third-order valence-corrected chi connectivity index (χ3v) is 4.81.